The second-order valence-corrected chi connectivity index (χ2v) is 7.93. The van der Waals surface area contributed by atoms with Crippen LogP contribution in [0.3, 0.4) is 0 Å². The molecule has 8 heteroatoms. The van der Waals surface area contributed by atoms with Gasteiger partial charge < -0.3 is 0 Å². The topological polar surface area (TPSA) is 84.9 Å². The van der Waals surface area contributed by atoms with Crippen LogP contribution in [0.25, 0.3) is 10.9 Å². The van der Waals surface area contributed by atoms with Crippen LogP contribution in [0.1, 0.15) is 5.56 Å². The highest BCUT2D eigenvalue weighted by Gasteiger charge is 2.22. The molecule has 24 heavy (non-hydrogen) atoms. The molecule has 2 aromatic heterocycles. The van der Waals surface area contributed by atoms with Gasteiger partial charge in [-0.1, -0.05) is 17.7 Å². The zero-order chi connectivity index (χ0) is 17.5. The van der Waals surface area contributed by atoms with E-state index in [-0.39, 0.29) is 17.0 Å². The van der Waals surface area contributed by atoms with E-state index < -0.39 is 15.6 Å². The van der Waals surface area contributed by atoms with Gasteiger partial charge in [-0.15, -0.1) is 0 Å². The van der Waals surface area contributed by atoms with E-state index in [0.29, 0.717) is 9.86 Å². The summed E-state index contributed by atoms with van der Waals surface area (Å²) in [5, 5.41) is 9.32. The summed E-state index contributed by atoms with van der Waals surface area (Å²) in [5.41, 5.74) is 0.418. The van der Waals surface area contributed by atoms with Gasteiger partial charge >= 0.3 is 0 Å². The summed E-state index contributed by atoms with van der Waals surface area (Å²) >= 11 is 3.32. The third-order valence-electron chi connectivity index (χ3n) is 3.66. The van der Waals surface area contributed by atoms with Crippen molar-refractivity contribution in [2.45, 2.75) is 18.4 Å². The Bertz CT molecular complexity index is 1140. The van der Waals surface area contributed by atoms with E-state index in [1.807, 2.05) is 13.0 Å². The maximum absolute atomic E-state index is 12.9. The first-order chi connectivity index (χ1) is 11.4. The molecule has 122 valence electrons. The zero-order valence-electron chi connectivity index (χ0n) is 12.6. The van der Waals surface area contributed by atoms with Gasteiger partial charge in [0.1, 0.15) is 12.1 Å². The second-order valence-electron chi connectivity index (χ2n) is 5.26. The Kier molecular flexibility index (Phi) is 4.07. The smallest absolute Gasteiger partial charge is 0.277 e. The Labute approximate surface area is 146 Å². The molecule has 0 radical (unpaired) electrons. The number of aryl methyl sites for hydroxylation is 1. The van der Waals surface area contributed by atoms with Gasteiger partial charge in [0, 0.05) is 22.3 Å². The van der Waals surface area contributed by atoms with Gasteiger partial charge in [-0.3, -0.25) is 9.36 Å². The van der Waals surface area contributed by atoms with Crippen molar-refractivity contribution in [3.05, 3.63) is 63.1 Å². The van der Waals surface area contributed by atoms with E-state index in [4.69, 9.17) is 5.26 Å². The molecule has 0 saturated heterocycles. The van der Waals surface area contributed by atoms with Crippen LogP contribution in [0.15, 0.2) is 56.9 Å². The maximum Gasteiger partial charge on any atom is 0.277 e. The quantitative estimate of drug-likeness (QED) is 0.670. The molecule has 0 spiro atoms. The first-order valence-electron chi connectivity index (χ1n) is 6.95. The Morgan fingerprint density at radius 2 is 1.88 bits per heavy atom. The van der Waals surface area contributed by atoms with E-state index in [1.165, 1.54) is 29.1 Å². The summed E-state index contributed by atoms with van der Waals surface area (Å²) < 4.78 is 28.5. The molecule has 0 atom stereocenters. The van der Waals surface area contributed by atoms with Crippen LogP contribution in [0, 0.1) is 18.3 Å². The minimum atomic E-state index is -3.91. The average Bonchev–Trinajstić information content (AvgIpc) is 2.99. The van der Waals surface area contributed by atoms with Gasteiger partial charge in [0.2, 0.25) is 0 Å². The number of nitrogens with zero attached hydrogens (tertiary/aromatic N) is 3. The summed E-state index contributed by atoms with van der Waals surface area (Å²) in [6.07, 6.45) is 2.83. The van der Waals surface area contributed by atoms with E-state index >= 15 is 0 Å². The molecule has 0 amide bonds. The molecule has 6 nitrogen and oxygen atoms in total. The lowest BCUT2D eigenvalue weighted by Gasteiger charge is -2.09. The first kappa shape index (κ1) is 16.5. The minimum Gasteiger partial charge on any atom is -0.299 e. The predicted molar refractivity (Wildman–Crippen MR) is 93.3 cm³/mol. The molecule has 3 aromatic rings. The van der Waals surface area contributed by atoms with Crippen LogP contribution in [0.4, 0.5) is 0 Å². The Morgan fingerprint density at radius 3 is 2.50 bits per heavy atom. The highest BCUT2D eigenvalue weighted by atomic mass is 79.9. The van der Waals surface area contributed by atoms with Crippen molar-refractivity contribution in [3.63, 3.8) is 0 Å². The Hall–Kier alpha value is -2.37. The number of hydrogen-bond donors (Lipinski definition) is 0. The summed E-state index contributed by atoms with van der Waals surface area (Å²) in [7, 11) is -3.91. The zero-order valence-corrected chi connectivity index (χ0v) is 15.0. The number of rotatable bonds is 3. The number of aromatic nitrogens is 2. The molecule has 0 aliphatic heterocycles. The molecular weight excluding hydrogens is 394 g/mol. The van der Waals surface area contributed by atoms with Crippen LogP contribution in [-0.4, -0.2) is 17.0 Å². The van der Waals surface area contributed by atoms with E-state index in [9.17, 15) is 13.2 Å². The molecule has 0 unspecified atom stereocenters. The van der Waals surface area contributed by atoms with Crippen molar-refractivity contribution < 1.29 is 8.42 Å². The molecule has 0 aliphatic rings. The number of hydrogen-bond acceptors (Lipinski definition) is 4. The molecular formula is C16H12BrN3O3S. The lowest BCUT2D eigenvalue weighted by molar-refractivity contribution is 0.588. The van der Waals surface area contributed by atoms with E-state index in [0.717, 1.165) is 9.54 Å². The summed E-state index contributed by atoms with van der Waals surface area (Å²) in [5.74, 6) is 0. The minimum absolute atomic E-state index is 0.0141. The fourth-order valence-electron chi connectivity index (χ4n) is 2.44. The molecule has 2 heterocycles. The Morgan fingerprint density at radius 1 is 1.21 bits per heavy atom. The van der Waals surface area contributed by atoms with Crippen molar-refractivity contribution in [1.29, 1.82) is 5.26 Å². The maximum atomic E-state index is 12.9. The van der Waals surface area contributed by atoms with Gasteiger partial charge in [-0.05, 0) is 41.1 Å². The SMILES string of the molecule is Cc1ccc(S(=O)(=O)n2ccc3c(Br)cn(CC#N)c(=O)c32)cc1. The summed E-state index contributed by atoms with van der Waals surface area (Å²) in [4.78, 5) is 12.7. The molecule has 0 bridgehead atoms. The average molecular weight is 406 g/mol. The number of halogens is 1. The molecule has 0 saturated carbocycles. The normalized spacial score (nSPS) is 11.5. The van der Waals surface area contributed by atoms with Crippen molar-refractivity contribution in [2.75, 3.05) is 0 Å². The molecule has 0 N–H and O–H groups in total. The van der Waals surface area contributed by atoms with Crippen molar-refractivity contribution in [3.8, 4) is 6.07 Å². The second kappa shape index (κ2) is 5.92. The van der Waals surface area contributed by atoms with Crippen LogP contribution < -0.4 is 5.56 Å². The van der Waals surface area contributed by atoms with Gasteiger partial charge in [0.15, 0.2) is 0 Å². The standard InChI is InChI=1S/C16H12BrN3O3S/c1-11-2-4-12(5-3-11)24(22,23)20-8-6-13-14(17)10-19(9-7-18)16(21)15(13)20/h2-6,8,10H,9H2,1H3. The fraction of sp³-hybridized carbons (Fsp3) is 0.125. The van der Waals surface area contributed by atoms with Crippen molar-refractivity contribution in [2.24, 2.45) is 0 Å². The molecule has 1 aromatic carbocycles. The van der Waals surface area contributed by atoms with Crippen LogP contribution in [0.5, 0.6) is 0 Å². The lowest BCUT2D eigenvalue weighted by Crippen LogP contribution is -2.24. The first-order valence-corrected chi connectivity index (χ1v) is 9.19. The van der Waals surface area contributed by atoms with Gasteiger partial charge in [-0.2, -0.15) is 5.26 Å². The number of fused-ring (bicyclic) bond motifs is 1. The van der Waals surface area contributed by atoms with Gasteiger partial charge in [-0.25, -0.2) is 12.4 Å². The fourth-order valence-corrected chi connectivity index (χ4v) is 4.35. The number of benzene rings is 1. The molecule has 3 rings (SSSR count). The third kappa shape index (κ3) is 2.56. The van der Waals surface area contributed by atoms with E-state index in [2.05, 4.69) is 15.9 Å². The third-order valence-corrected chi connectivity index (χ3v) is 5.98. The molecule has 0 fully saturated rings. The van der Waals surface area contributed by atoms with Crippen LogP contribution in [0.2, 0.25) is 0 Å². The molecule has 0 aliphatic carbocycles. The summed E-state index contributed by atoms with van der Waals surface area (Å²) in [6, 6.07) is 9.85. The monoisotopic (exact) mass is 405 g/mol. The lowest BCUT2D eigenvalue weighted by atomic mass is 10.2. The van der Waals surface area contributed by atoms with E-state index in [1.54, 1.807) is 18.2 Å². The highest BCUT2D eigenvalue weighted by molar-refractivity contribution is 9.10. The van der Waals surface area contributed by atoms with Crippen molar-refractivity contribution in [1.82, 2.24) is 8.54 Å². The highest BCUT2D eigenvalue weighted by Crippen LogP contribution is 2.25. The van der Waals surface area contributed by atoms with Gasteiger partial charge in [0.25, 0.3) is 15.6 Å². The van der Waals surface area contributed by atoms with Crippen LogP contribution in [-0.2, 0) is 16.6 Å². The van der Waals surface area contributed by atoms with Crippen LogP contribution >= 0.6 is 15.9 Å². The Balaban J connectivity index is 2.33. The van der Waals surface area contributed by atoms with Crippen molar-refractivity contribution >= 4 is 36.9 Å². The predicted octanol–water partition coefficient (Wildman–Crippen LogP) is 2.63. The summed E-state index contributed by atoms with van der Waals surface area (Å²) in [6.45, 7) is 1.70. The number of nitriles is 1. The number of pyridine rings is 1. The van der Waals surface area contributed by atoms with Gasteiger partial charge in [0.05, 0.1) is 11.0 Å². The largest absolute Gasteiger partial charge is 0.299 e.